The van der Waals surface area contributed by atoms with Crippen molar-refractivity contribution < 1.29 is 23.6 Å². The highest BCUT2D eigenvalue weighted by molar-refractivity contribution is 7.46. The summed E-state index contributed by atoms with van der Waals surface area (Å²) in [5, 5.41) is 8.85. The van der Waals surface area contributed by atoms with Gasteiger partial charge in [0, 0.05) is 0 Å². The van der Waals surface area contributed by atoms with Crippen LogP contribution in [0.4, 0.5) is 0 Å². The average Bonchev–Trinajstić information content (AvgIpc) is 2.86. The summed E-state index contributed by atoms with van der Waals surface area (Å²) in [6.07, 6.45) is 25.2. The van der Waals surface area contributed by atoms with Crippen LogP contribution in [0.3, 0.4) is 0 Å². The van der Waals surface area contributed by atoms with Crippen molar-refractivity contribution in [2.75, 3.05) is 6.61 Å². The zero-order chi connectivity index (χ0) is 26.3. The average molecular weight is 525 g/mol. The maximum absolute atomic E-state index is 11.1. The van der Waals surface area contributed by atoms with E-state index in [0.717, 1.165) is 19.3 Å². The summed E-state index contributed by atoms with van der Waals surface area (Å²) in [6, 6.07) is 5.13. The summed E-state index contributed by atoms with van der Waals surface area (Å²) in [6.45, 7) is 2.08. The summed E-state index contributed by atoms with van der Waals surface area (Å²) in [5.41, 5.74) is 0.286. The van der Waals surface area contributed by atoms with Gasteiger partial charge < -0.3 is 14.5 Å². The smallest absolute Gasteiger partial charge is 0.469 e. The molecule has 0 aromatic carbocycles. The number of phosphoric ester groups is 1. The van der Waals surface area contributed by atoms with Crippen LogP contribution < -0.4 is 4.74 Å². The van der Waals surface area contributed by atoms with Gasteiger partial charge in [0.05, 0.1) is 12.8 Å². The minimum atomic E-state index is -4.55. The molecule has 36 heavy (non-hydrogen) atoms. The van der Waals surface area contributed by atoms with Gasteiger partial charge >= 0.3 is 7.82 Å². The summed E-state index contributed by atoms with van der Waals surface area (Å²) in [5.74, 6) is 0.454. The second-order valence-electron chi connectivity index (χ2n) is 9.82. The molecule has 0 aliphatic rings. The van der Waals surface area contributed by atoms with E-state index in [1.54, 1.807) is 12.1 Å². The number of rotatable bonds is 24. The van der Waals surface area contributed by atoms with Crippen LogP contribution in [0.2, 0.25) is 0 Å². The number of ether oxygens (including phenoxy) is 1. The summed E-state index contributed by atoms with van der Waals surface area (Å²) in [7, 11) is -4.55. The first-order chi connectivity index (χ1) is 17.4. The number of nitriles is 1. The fraction of sp³-hybridized carbons (Fsp3) is 0.786. The van der Waals surface area contributed by atoms with Crippen molar-refractivity contribution in [2.24, 2.45) is 0 Å². The molecular formula is C28H49N2O5P. The van der Waals surface area contributed by atoms with Crippen LogP contribution in [0, 0.1) is 11.3 Å². The van der Waals surface area contributed by atoms with Crippen molar-refractivity contribution in [3.05, 3.63) is 24.0 Å². The molecule has 1 aromatic heterocycles. The van der Waals surface area contributed by atoms with E-state index in [9.17, 15) is 4.57 Å². The van der Waals surface area contributed by atoms with Crippen LogP contribution in [0.25, 0.3) is 0 Å². The molecule has 0 aliphatic carbocycles. The van der Waals surface area contributed by atoms with Gasteiger partial charge in [-0.2, -0.15) is 5.26 Å². The highest BCUT2D eigenvalue weighted by Gasteiger charge is 2.19. The third kappa shape index (κ3) is 19.7. The highest BCUT2D eigenvalue weighted by Crippen LogP contribution is 2.36. The molecule has 0 saturated carbocycles. The number of pyridine rings is 1. The van der Waals surface area contributed by atoms with Crippen LogP contribution in [0.15, 0.2) is 18.3 Å². The van der Waals surface area contributed by atoms with E-state index >= 15 is 0 Å². The summed E-state index contributed by atoms with van der Waals surface area (Å²) in [4.78, 5) is 22.0. The van der Waals surface area contributed by atoms with E-state index in [0.29, 0.717) is 12.2 Å². The van der Waals surface area contributed by atoms with Crippen molar-refractivity contribution in [1.29, 1.82) is 5.26 Å². The fourth-order valence-corrected chi connectivity index (χ4v) is 4.70. The fourth-order valence-electron chi connectivity index (χ4n) is 4.34. The maximum atomic E-state index is 11.1. The lowest BCUT2D eigenvalue weighted by molar-refractivity contribution is 0.0939. The quantitative estimate of drug-likeness (QED) is 0.103. The zero-order valence-electron chi connectivity index (χ0n) is 22.4. The predicted octanol–water partition coefficient (Wildman–Crippen LogP) is 8.24. The van der Waals surface area contributed by atoms with Gasteiger partial charge in [-0.1, -0.05) is 116 Å². The van der Waals surface area contributed by atoms with Crippen molar-refractivity contribution in [3.63, 3.8) is 0 Å². The van der Waals surface area contributed by atoms with Gasteiger partial charge in [-0.05, 0) is 25.0 Å². The number of aromatic nitrogens is 1. The molecule has 2 N–H and O–H groups in total. The number of nitrogens with zero attached hydrogens (tertiary/aromatic N) is 2. The minimum Gasteiger partial charge on any atom is -0.486 e. The Morgan fingerprint density at radius 3 is 1.69 bits per heavy atom. The molecule has 0 aliphatic heterocycles. The highest BCUT2D eigenvalue weighted by atomic mass is 31.2. The molecule has 0 fully saturated rings. The Labute approximate surface area is 219 Å². The van der Waals surface area contributed by atoms with Crippen LogP contribution in [-0.2, 0) is 9.09 Å². The van der Waals surface area contributed by atoms with E-state index in [-0.39, 0.29) is 12.3 Å². The molecule has 8 heteroatoms. The van der Waals surface area contributed by atoms with Gasteiger partial charge in [0.2, 0.25) is 0 Å². The third-order valence-electron chi connectivity index (χ3n) is 6.46. The van der Waals surface area contributed by atoms with E-state index < -0.39 is 13.9 Å². The van der Waals surface area contributed by atoms with Crippen molar-refractivity contribution in [1.82, 2.24) is 4.98 Å². The lowest BCUT2D eigenvalue weighted by Crippen LogP contribution is -2.22. The first-order valence-corrected chi connectivity index (χ1v) is 15.7. The molecular weight excluding hydrogens is 475 g/mol. The van der Waals surface area contributed by atoms with Crippen LogP contribution >= 0.6 is 7.82 Å². The second-order valence-corrected chi connectivity index (χ2v) is 11.1. The topological polar surface area (TPSA) is 113 Å². The Balaban J connectivity index is 2.03. The number of hydrogen-bond donors (Lipinski definition) is 2. The molecule has 0 amide bonds. The van der Waals surface area contributed by atoms with Crippen LogP contribution in [0.5, 0.6) is 5.75 Å². The predicted molar refractivity (Wildman–Crippen MR) is 145 cm³/mol. The monoisotopic (exact) mass is 524 g/mol. The molecule has 1 heterocycles. The van der Waals surface area contributed by atoms with Crippen molar-refractivity contribution >= 4 is 7.82 Å². The molecule has 7 nitrogen and oxygen atoms in total. The SMILES string of the molecule is CCCCCCCCCCCCCCCCCCCC[C@@H](COP(=O)(O)O)Oc1ccc(C#N)nc1. The van der Waals surface area contributed by atoms with Gasteiger partial charge in [-0.15, -0.1) is 0 Å². The van der Waals surface area contributed by atoms with Gasteiger partial charge in [-0.25, -0.2) is 9.55 Å². The standard InChI is InChI=1S/C28H49N2O5P/c1-2-3-4-5-6-7-8-9-10-11-12-13-14-15-16-17-18-19-20-28(25-34-36(31,32)33)35-27-22-21-26(23-29)30-24-27/h21-22,24,28H,2-20,25H2,1H3,(H2,31,32,33)/t28-/m0/s1. The van der Waals surface area contributed by atoms with Gasteiger partial charge in [-0.3, -0.25) is 4.52 Å². The zero-order valence-corrected chi connectivity index (χ0v) is 23.3. The Morgan fingerprint density at radius 1 is 0.833 bits per heavy atom. The normalized spacial score (nSPS) is 12.4. The number of hydrogen-bond acceptors (Lipinski definition) is 5. The van der Waals surface area contributed by atoms with Gasteiger partial charge in [0.15, 0.2) is 0 Å². The van der Waals surface area contributed by atoms with E-state index in [4.69, 9.17) is 19.8 Å². The molecule has 0 unspecified atom stereocenters. The third-order valence-corrected chi connectivity index (χ3v) is 6.95. The molecule has 1 rings (SSSR count). The van der Waals surface area contributed by atoms with Crippen LogP contribution in [0.1, 0.15) is 135 Å². The molecule has 0 radical (unpaired) electrons. The minimum absolute atomic E-state index is 0.191. The lowest BCUT2D eigenvalue weighted by atomic mass is 10.0. The largest absolute Gasteiger partial charge is 0.486 e. The molecule has 206 valence electrons. The molecule has 0 saturated heterocycles. The lowest BCUT2D eigenvalue weighted by Gasteiger charge is -2.19. The summed E-state index contributed by atoms with van der Waals surface area (Å²) < 4.78 is 21.5. The van der Waals surface area contributed by atoms with E-state index in [1.165, 1.54) is 103 Å². The first kappa shape index (κ1) is 32.6. The Bertz CT molecular complexity index is 732. The van der Waals surface area contributed by atoms with Gasteiger partial charge in [0.25, 0.3) is 0 Å². The number of unbranched alkanes of at least 4 members (excludes halogenated alkanes) is 17. The maximum Gasteiger partial charge on any atom is 0.469 e. The Kier molecular flexibility index (Phi) is 19.6. The Morgan fingerprint density at radius 2 is 1.31 bits per heavy atom. The summed E-state index contributed by atoms with van der Waals surface area (Å²) >= 11 is 0. The molecule has 0 bridgehead atoms. The van der Waals surface area contributed by atoms with Crippen molar-refractivity contribution in [3.8, 4) is 11.8 Å². The number of phosphoric acid groups is 1. The Hall–Kier alpha value is -1.45. The molecule has 1 aromatic rings. The first-order valence-electron chi connectivity index (χ1n) is 14.2. The second kappa shape index (κ2) is 21.6. The molecule has 0 spiro atoms. The molecule has 1 atom stereocenters. The van der Waals surface area contributed by atoms with E-state index in [2.05, 4.69) is 16.4 Å². The van der Waals surface area contributed by atoms with Gasteiger partial charge in [0.1, 0.15) is 23.6 Å². The van der Waals surface area contributed by atoms with Crippen LogP contribution in [-0.4, -0.2) is 27.5 Å². The van der Waals surface area contributed by atoms with Crippen molar-refractivity contribution in [2.45, 2.75) is 135 Å². The van der Waals surface area contributed by atoms with E-state index in [1.807, 2.05) is 6.07 Å².